The Hall–Kier alpha value is -2.44. The largest absolute Gasteiger partial charge is 0.353 e. The Bertz CT molecular complexity index is 974. The van der Waals surface area contributed by atoms with Crippen molar-refractivity contribution in [3.8, 4) is 10.4 Å². The number of amides is 1. The number of hydrogen-bond donors (Lipinski definition) is 0. The molecule has 2 aromatic heterocycles. The molecule has 0 spiro atoms. The zero-order valence-corrected chi connectivity index (χ0v) is 17.4. The average Bonchev–Trinajstić information content (AvgIpc) is 3.17. The average molecular weight is 413 g/mol. The minimum atomic E-state index is 0.0971. The van der Waals surface area contributed by atoms with Crippen LogP contribution < -0.4 is 4.90 Å². The standard InChI is InChI=1S/C21H21ClN4OS/c1-14-13-20(24-15(2)23-14)25-9-11-26(12-10-25)21(27)19-8-7-18(28-19)16-3-5-17(22)6-4-16/h3-8,13H,9-12H2,1-2H3. The lowest BCUT2D eigenvalue weighted by molar-refractivity contribution is 0.0751. The van der Waals surface area contributed by atoms with E-state index in [1.54, 1.807) is 0 Å². The summed E-state index contributed by atoms with van der Waals surface area (Å²) in [6.45, 7) is 6.82. The Labute approximate surface area is 173 Å². The SMILES string of the molecule is Cc1cc(N2CCN(C(=O)c3ccc(-c4ccc(Cl)cc4)s3)CC2)nc(C)n1. The van der Waals surface area contributed by atoms with Crippen LogP contribution in [-0.4, -0.2) is 47.0 Å². The first kappa shape index (κ1) is 18.9. The van der Waals surface area contributed by atoms with Crippen LogP contribution in [-0.2, 0) is 0 Å². The molecule has 0 bridgehead atoms. The Morgan fingerprint density at radius 2 is 1.71 bits per heavy atom. The molecule has 1 aliphatic heterocycles. The number of aryl methyl sites for hydroxylation is 2. The molecule has 0 radical (unpaired) electrons. The summed E-state index contributed by atoms with van der Waals surface area (Å²) in [4.78, 5) is 27.8. The Morgan fingerprint density at radius 1 is 1.00 bits per heavy atom. The highest BCUT2D eigenvalue weighted by Crippen LogP contribution is 2.30. The zero-order valence-electron chi connectivity index (χ0n) is 15.9. The lowest BCUT2D eigenvalue weighted by Crippen LogP contribution is -2.49. The summed E-state index contributed by atoms with van der Waals surface area (Å²) >= 11 is 7.49. The van der Waals surface area contributed by atoms with Crippen molar-refractivity contribution < 1.29 is 4.79 Å². The van der Waals surface area contributed by atoms with E-state index < -0.39 is 0 Å². The van der Waals surface area contributed by atoms with Gasteiger partial charge in [-0.05, 0) is 43.7 Å². The number of benzene rings is 1. The number of carbonyl (C=O) groups excluding carboxylic acids is 1. The Kier molecular flexibility index (Phi) is 5.33. The van der Waals surface area contributed by atoms with Crippen LogP contribution in [0.4, 0.5) is 5.82 Å². The molecule has 3 heterocycles. The summed E-state index contributed by atoms with van der Waals surface area (Å²) in [5.74, 6) is 1.82. The van der Waals surface area contributed by atoms with Gasteiger partial charge in [0.2, 0.25) is 0 Å². The van der Waals surface area contributed by atoms with E-state index in [0.29, 0.717) is 18.1 Å². The molecule has 0 saturated carbocycles. The number of halogens is 1. The molecular weight excluding hydrogens is 392 g/mol. The highest BCUT2D eigenvalue weighted by atomic mass is 35.5. The zero-order chi connectivity index (χ0) is 19.7. The highest BCUT2D eigenvalue weighted by Gasteiger charge is 2.24. The first-order valence-corrected chi connectivity index (χ1v) is 10.4. The van der Waals surface area contributed by atoms with Gasteiger partial charge in [0, 0.05) is 47.8 Å². The highest BCUT2D eigenvalue weighted by molar-refractivity contribution is 7.17. The van der Waals surface area contributed by atoms with E-state index in [2.05, 4.69) is 14.9 Å². The second-order valence-corrected chi connectivity index (χ2v) is 8.38. The molecule has 0 aliphatic carbocycles. The Balaban J connectivity index is 1.42. The summed E-state index contributed by atoms with van der Waals surface area (Å²) in [6.07, 6.45) is 0. The molecule has 1 amide bonds. The van der Waals surface area contributed by atoms with Gasteiger partial charge in [0.15, 0.2) is 0 Å². The number of aromatic nitrogens is 2. The maximum atomic E-state index is 12.9. The maximum Gasteiger partial charge on any atom is 0.264 e. The first-order valence-electron chi connectivity index (χ1n) is 9.22. The molecule has 1 aromatic carbocycles. The number of carbonyl (C=O) groups is 1. The molecule has 7 heteroatoms. The van der Waals surface area contributed by atoms with E-state index in [4.69, 9.17) is 11.6 Å². The molecule has 1 fully saturated rings. The van der Waals surface area contributed by atoms with E-state index >= 15 is 0 Å². The molecule has 144 valence electrons. The smallest absolute Gasteiger partial charge is 0.264 e. The van der Waals surface area contributed by atoms with Gasteiger partial charge in [0.1, 0.15) is 11.6 Å². The normalized spacial score (nSPS) is 14.4. The van der Waals surface area contributed by atoms with Crippen LogP contribution in [0.2, 0.25) is 5.02 Å². The van der Waals surface area contributed by atoms with Crippen molar-refractivity contribution in [3.63, 3.8) is 0 Å². The summed E-state index contributed by atoms with van der Waals surface area (Å²) in [5, 5.41) is 0.712. The second kappa shape index (κ2) is 7.89. The van der Waals surface area contributed by atoms with E-state index in [1.807, 2.05) is 61.2 Å². The minimum Gasteiger partial charge on any atom is -0.353 e. The van der Waals surface area contributed by atoms with Gasteiger partial charge in [-0.25, -0.2) is 9.97 Å². The number of hydrogen-bond acceptors (Lipinski definition) is 5. The molecule has 3 aromatic rings. The van der Waals surface area contributed by atoms with Gasteiger partial charge in [-0.2, -0.15) is 0 Å². The summed E-state index contributed by atoms with van der Waals surface area (Å²) in [7, 11) is 0. The molecule has 5 nitrogen and oxygen atoms in total. The van der Waals surface area contributed by atoms with Gasteiger partial charge in [-0.1, -0.05) is 23.7 Å². The fourth-order valence-electron chi connectivity index (χ4n) is 3.38. The fraction of sp³-hybridized carbons (Fsp3) is 0.286. The molecule has 1 aliphatic rings. The Morgan fingerprint density at radius 3 is 2.39 bits per heavy atom. The third-order valence-electron chi connectivity index (χ3n) is 4.79. The number of piperazine rings is 1. The lowest BCUT2D eigenvalue weighted by atomic mass is 10.2. The van der Waals surface area contributed by atoms with Gasteiger partial charge < -0.3 is 9.80 Å². The van der Waals surface area contributed by atoms with E-state index in [9.17, 15) is 4.79 Å². The van der Waals surface area contributed by atoms with Crippen LogP contribution in [0.15, 0.2) is 42.5 Å². The van der Waals surface area contributed by atoms with E-state index in [1.165, 1.54) is 11.3 Å². The van der Waals surface area contributed by atoms with E-state index in [-0.39, 0.29) is 5.91 Å². The molecular formula is C21H21ClN4OS. The molecule has 4 rings (SSSR count). The van der Waals surface area contributed by atoms with Crippen LogP contribution in [0, 0.1) is 13.8 Å². The van der Waals surface area contributed by atoms with Gasteiger partial charge in [-0.15, -0.1) is 11.3 Å². The van der Waals surface area contributed by atoms with Gasteiger partial charge in [0.25, 0.3) is 5.91 Å². The van der Waals surface area contributed by atoms with Crippen LogP contribution in [0.3, 0.4) is 0 Å². The van der Waals surface area contributed by atoms with Crippen molar-refractivity contribution in [1.29, 1.82) is 0 Å². The van der Waals surface area contributed by atoms with Crippen molar-refractivity contribution >= 4 is 34.7 Å². The van der Waals surface area contributed by atoms with Crippen molar-refractivity contribution in [2.45, 2.75) is 13.8 Å². The van der Waals surface area contributed by atoms with Gasteiger partial charge >= 0.3 is 0 Å². The maximum absolute atomic E-state index is 12.9. The predicted molar refractivity (Wildman–Crippen MR) is 114 cm³/mol. The van der Waals surface area contributed by atoms with Crippen molar-refractivity contribution in [2.75, 3.05) is 31.1 Å². The second-order valence-electron chi connectivity index (χ2n) is 6.86. The minimum absolute atomic E-state index is 0.0971. The number of rotatable bonds is 3. The topological polar surface area (TPSA) is 49.3 Å². The van der Waals surface area contributed by atoms with Crippen LogP contribution >= 0.6 is 22.9 Å². The monoisotopic (exact) mass is 412 g/mol. The van der Waals surface area contributed by atoms with E-state index in [0.717, 1.165) is 45.7 Å². The first-order chi connectivity index (χ1) is 13.5. The fourth-order valence-corrected chi connectivity index (χ4v) is 4.48. The van der Waals surface area contributed by atoms with Gasteiger partial charge in [0.05, 0.1) is 4.88 Å². The number of nitrogens with zero attached hydrogens (tertiary/aromatic N) is 4. The summed E-state index contributed by atoms with van der Waals surface area (Å²) < 4.78 is 0. The number of anilines is 1. The van der Waals surface area contributed by atoms with Crippen LogP contribution in [0.5, 0.6) is 0 Å². The van der Waals surface area contributed by atoms with Crippen molar-refractivity contribution in [1.82, 2.24) is 14.9 Å². The van der Waals surface area contributed by atoms with Gasteiger partial charge in [-0.3, -0.25) is 4.79 Å². The molecule has 0 atom stereocenters. The number of thiophene rings is 1. The quantitative estimate of drug-likeness (QED) is 0.638. The molecule has 28 heavy (non-hydrogen) atoms. The third-order valence-corrected chi connectivity index (χ3v) is 6.16. The van der Waals surface area contributed by atoms with Crippen molar-refractivity contribution in [3.05, 3.63) is 63.9 Å². The van der Waals surface area contributed by atoms with Crippen molar-refractivity contribution in [2.24, 2.45) is 0 Å². The third kappa shape index (κ3) is 4.03. The predicted octanol–water partition coefficient (Wildman–Crippen LogP) is 4.44. The molecule has 0 N–H and O–H groups in total. The molecule has 0 unspecified atom stereocenters. The summed E-state index contributed by atoms with van der Waals surface area (Å²) in [6, 6.07) is 13.6. The van der Waals surface area contributed by atoms with Crippen LogP contribution in [0.25, 0.3) is 10.4 Å². The van der Waals surface area contributed by atoms with Crippen LogP contribution in [0.1, 0.15) is 21.2 Å². The molecule has 1 saturated heterocycles. The lowest BCUT2D eigenvalue weighted by Gasteiger charge is -2.35. The summed E-state index contributed by atoms with van der Waals surface area (Å²) in [5.41, 5.74) is 2.04.